The van der Waals surface area contributed by atoms with E-state index in [1.807, 2.05) is 6.07 Å². The highest BCUT2D eigenvalue weighted by Crippen LogP contribution is 2.46. The summed E-state index contributed by atoms with van der Waals surface area (Å²) < 4.78 is 13.7. The monoisotopic (exact) mass is 636 g/mol. The summed E-state index contributed by atoms with van der Waals surface area (Å²) in [5.41, 5.74) is 7.43. The second kappa shape index (κ2) is 13.6. The molecule has 1 aliphatic carbocycles. The van der Waals surface area contributed by atoms with Gasteiger partial charge in [0.25, 0.3) is 11.8 Å². The Balaban J connectivity index is 1.15. The van der Waals surface area contributed by atoms with Crippen LogP contribution in [0, 0.1) is 0 Å². The number of carbonyl (C=O) groups is 2. The van der Waals surface area contributed by atoms with E-state index in [-0.39, 0.29) is 17.9 Å². The molecule has 0 unspecified atom stereocenters. The SMILES string of the molecule is O=C(NC[C@H]1CCCO1)c1ccc2c(C3CCCCC3)c3n(c2c1)CC(C(=O)N1CCC(N2CCOCC2)CC1)=Cc1ccccc1-3. The largest absolute Gasteiger partial charge is 0.379 e. The van der Waals surface area contributed by atoms with Crippen LogP contribution in [0.25, 0.3) is 28.2 Å². The summed E-state index contributed by atoms with van der Waals surface area (Å²) >= 11 is 0. The maximum absolute atomic E-state index is 14.4. The number of piperidine rings is 1. The lowest BCUT2D eigenvalue weighted by atomic mass is 9.81. The molecule has 1 N–H and O–H groups in total. The second-order valence-electron chi connectivity index (χ2n) is 14.2. The normalized spacial score (nSPS) is 22.9. The van der Waals surface area contributed by atoms with Gasteiger partial charge in [0.2, 0.25) is 0 Å². The van der Waals surface area contributed by atoms with Crippen LogP contribution >= 0.6 is 0 Å². The molecule has 2 aromatic carbocycles. The molecule has 47 heavy (non-hydrogen) atoms. The first-order valence-corrected chi connectivity index (χ1v) is 18.1. The highest BCUT2D eigenvalue weighted by Gasteiger charge is 2.33. The Labute approximate surface area is 278 Å². The molecule has 0 bridgehead atoms. The number of amides is 2. The fraction of sp³-hybridized carbons (Fsp3) is 0.538. The van der Waals surface area contributed by atoms with Crippen LogP contribution in [-0.2, 0) is 20.8 Å². The Hall–Kier alpha value is -3.46. The molecule has 0 spiro atoms. The highest BCUT2D eigenvalue weighted by molar-refractivity contribution is 6.04. The average molecular weight is 637 g/mol. The molecule has 8 rings (SSSR count). The number of hydrogen-bond donors (Lipinski definition) is 1. The molecule has 1 aromatic heterocycles. The number of rotatable bonds is 6. The zero-order valence-corrected chi connectivity index (χ0v) is 27.6. The smallest absolute Gasteiger partial charge is 0.251 e. The van der Waals surface area contributed by atoms with Gasteiger partial charge in [0.1, 0.15) is 0 Å². The first kappa shape index (κ1) is 30.8. The van der Waals surface area contributed by atoms with Crippen LogP contribution in [-0.4, -0.2) is 90.9 Å². The zero-order valence-electron chi connectivity index (χ0n) is 27.6. The van der Waals surface area contributed by atoms with E-state index in [1.54, 1.807) is 0 Å². The van der Waals surface area contributed by atoms with Crippen LogP contribution in [0.3, 0.4) is 0 Å². The van der Waals surface area contributed by atoms with Crippen molar-refractivity contribution in [2.24, 2.45) is 0 Å². The molecule has 248 valence electrons. The van der Waals surface area contributed by atoms with Crippen molar-refractivity contribution in [3.63, 3.8) is 0 Å². The third kappa shape index (κ3) is 6.16. The van der Waals surface area contributed by atoms with Crippen LogP contribution in [0.5, 0.6) is 0 Å². The molecule has 4 aliphatic heterocycles. The summed E-state index contributed by atoms with van der Waals surface area (Å²) in [5, 5.41) is 4.35. The van der Waals surface area contributed by atoms with Gasteiger partial charge in [-0.2, -0.15) is 0 Å². The van der Waals surface area contributed by atoms with Gasteiger partial charge in [0.05, 0.1) is 31.6 Å². The van der Waals surface area contributed by atoms with E-state index in [2.05, 4.69) is 62.2 Å². The number of aromatic nitrogens is 1. The summed E-state index contributed by atoms with van der Waals surface area (Å²) in [6.07, 6.45) is 12.4. The number of nitrogens with one attached hydrogen (secondary N) is 1. The molecule has 2 amide bonds. The third-order valence-corrected chi connectivity index (χ3v) is 11.4. The van der Waals surface area contributed by atoms with E-state index < -0.39 is 0 Å². The number of fused-ring (bicyclic) bond motifs is 5. The molecule has 3 saturated heterocycles. The summed E-state index contributed by atoms with van der Waals surface area (Å²) in [6, 6.07) is 15.3. The molecule has 0 radical (unpaired) electrons. The fourth-order valence-electron chi connectivity index (χ4n) is 8.84. The Kier molecular flexibility index (Phi) is 8.91. The number of likely N-dealkylation sites (tertiary alicyclic amines) is 1. The predicted molar refractivity (Wildman–Crippen MR) is 184 cm³/mol. The molecule has 4 fully saturated rings. The van der Waals surface area contributed by atoms with Gasteiger partial charge in [-0.05, 0) is 73.8 Å². The van der Waals surface area contributed by atoms with Crippen LogP contribution in [0.15, 0.2) is 48.0 Å². The number of morpholine rings is 1. The molecule has 5 heterocycles. The highest BCUT2D eigenvalue weighted by atomic mass is 16.5. The Bertz CT molecular complexity index is 1650. The number of carbonyl (C=O) groups excluding carboxylic acids is 2. The van der Waals surface area contributed by atoms with E-state index >= 15 is 0 Å². The second-order valence-corrected chi connectivity index (χ2v) is 14.2. The van der Waals surface area contributed by atoms with Crippen molar-refractivity contribution in [1.29, 1.82) is 0 Å². The molecule has 8 heteroatoms. The van der Waals surface area contributed by atoms with Gasteiger partial charge in [-0.3, -0.25) is 14.5 Å². The lowest BCUT2D eigenvalue weighted by molar-refractivity contribution is -0.129. The van der Waals surface area contributed by atoms with Gasteiger partial charge < -0.3 is 24.3 Å². The quantitative estimate of drug-likeness (QED) is 0.360. The summed E-state index contributed by atoms with van der Waals surface area (Å²) in [6.45, 7) is 6.95. The van der Waals surface area contributed by atoms with Crippen molar-refractivity contribution in [1.82, 2.24) is 19.7 Å². The van der Waals surface area contributed by atoms with Crippen molar-refractivity contribution in [3.05, 3.63) is 64.7 Å². The van der Waals surface area contributed by atoms with Gasteiger partial charge >= 0.3 is 0 Å². The number of ether oxygens (including phenoxy) is 2. The van der Waals surface area contributed by atoms with Gasteiger partial charge in [-0.1, -0.05) is 49.6 Å². The minimum absolute atomic E-state index is 0.0684. The predicted octanol–water partition coefficient (Wildman–Crippen LogP) is 5.99. The van der Waals surface area contributed by atoms with Crippen LogP contribution in [0.2, 0.25) is 0 Å². The molecular weight excluding hydrogens is 588 g/mol. The van der Waals surface area contributed by atoms with Crippen molar-refractivity contribution in [2.45, 2.75) is 82.4 Å². The number of benzene rings is 2. The van der Waals surface area contributed by atoms with Crippen LogP contribution in [0.4, 0.5) is 0 Å². The Morgan fingerprint density at radius 1 is 0.851 bits per heavy atom. The minimum Gasteiger partial charge on any atom is -0.379 e. The van der Waals surface area contributed by atoms with E-state index in [0.717, 1.165) is 88.3 Å². The maximum Gasteiger partial charge on any atom is 0.251 e. The zero-order chi connectivity index (χ0) is 31.7. The van der Waals surface area contributed by atoms with E-state index in [4.69, 9.17) is 9.47 Å². The van der Waals surface area contributed by atoms with Crippen molar-refractivity contribution in [2.75, 3.05) is 52.5 Å². The van der Waals surface area contributed by atoms with E-state index in [1.165, 1.54) is 54.3 Å². The standard InChI is InChI=1S/C39H48N4O4/c44-38(40-25-32-10-6-20-47-32)29-12-13-34-35(24-29)43-26-30(39(45)42-16-14-31(15-17-42)41-18-21-46-22-19-41)23-28-9-4-5-11-33(28)37(43)36(34)27-7-2-1-3-8-27/h4-5,9,11-13,23-24,27,31-32H,1-3,6-8,10,14-22,25-26H2,(H,40,44)/t32-/m1/s1. The first-order valence-electron chi connectivity index (χ1n) is 18.1. The van der Waals surface area contributed by atoms with Gasteiger partial charge in [-0.15, -0.1) is 0 Å². The molecule has 3 aromatic rings. The summed E-state index contributed by atoms with van der Waals surface area (Å²) in [4.78, 5) is 32.4. The molecular formula is C39H48N4O4. The van der Waals surface area contributed by atoms with Crippen LogP contribution < -0.4 is 5.32 Å². The van der Waals surface area contributed by atoms with E-state index in [0.29, 0.717) is 30.6 Å². The van der Waals surface area contributed by atoms with Crippen molar-refractivity contribution in [3.8, 4) is 11.3 Å². The van der Waals surface area contributed by atoms with Crippen molar-refractivity contribution < 1.29 is 19.1 Å². The first-order chi connectivity index (χ1) is 23.1. The maximum atomic E-state index is 14.4. The van der Waals surface area contributed by atoms with Crippen molar-refractivity contribution >= 4 is 28.8 Å². The van der Waals surface area contributed by atoms with Gasteiger partial charge in [0.15, 0.2) is 0 Å². The number of nitrogens with zero attached hydrogens (tertiary/aromatic N) is 3. The lowest BCUT2D eigenvalue weighted by Gasteiger charge is -2.40. The molecule has 5 aliphatic rings. The van der Waals surface area contributed by atoms with Crippen LogP contribution in [0.1, 0.15) is 85.2 Å². The van der Waals surface area contributed by atoms with Gasteiger partial charge in [-0.25, -0.2) is 0 Å². The summed E-state index contributed by atoms with van der Waals surface area (Å²) in [7, 11) is 0. The fourth-order valence-corrected chi connectivity index (χ4v) is 8.84. The van der Waals surface area contributed by atoms with Gasteiger partial charge in [0, 0.05) is 73.0 Å². The lowest BCUT2D eigenvalue weighted by Crippen LogP contribution is -2.50. The topological polar surface area (TPSA) is 76.0 Å². The molecule has 1 atom stereocenters. The molecule has 1 saturated carbocycles. The minimum atomic E-state index is -0.0684. The Morgan fingerprint density at radius 2 is 1.66 bits per heavy atom. The summed E-state index contributed by atoms with van der Waals surface area (Å²) in [5.74, 6) is 0.534. The number of hydrogen-bond acceptors (Lipinski definition) is 5. The third-order valence-electron chi connectivity index (χ3n) is 11.4. The molecule has 8 nitrogen and oxygen atoms in total. The Morgan fingerprint density at radius 3 is 2.45 bits per heavy atom. The average Bonchev–Trinajstić information content (AvgIpc) is 3.73. The van der Waals surface area contributed by atoms with E-state index in [9.17, 15) is 9.59 Å².